The van der Waals surface area contributed by atoms with Crippen LogP contribution in [0, 0.1) is 12.8 Å². The van der Waals surface area contributed by atoms with Crippen molar-refractivity contribution in [1.29, 1.82) is 0 Å². The molecule has 0 radical (unpaired) electrons. The molecule has 0 spiro atoms. The zero-order valence-electron chi connectivity index (χ0n) is 16.0. The average Bonchev–Trinajstić information content (AvgIpc) is 3.27. The second-order valence-corrected chi connectivity index (χ2v) is 6.96. The largest absolute Gasteiger partial charge is 0.377 e. The molecule has 0 atom stereocenters. The fraction of sp³-hybridized carbons (Fsp3) is 0.632. The Morgan fingerprint density at radius 1 is 1.35 bits per heavy atom. The van der Waals surface area contributed by atoms with Gasteiger partial charge in [-0.25, -0.2) is 4.98 Å². The quantitative estimate of drug-likeness (QED) is 0.762. The van der Waals surface area contributed by atoms with Crippen LogP contribution in [-0.4, -0.2) is 50.3 Å². The number of hydrogen-bond acceptors (Lipinski definition) is 4. The lowest BCUT2D eigenvalue weighted by atomic mass is 9.93. The van der Waals surface area contributed by atoms with Crippen molar-refractivity contribution in [2.45, 2.75) is 52.8 Å². The summed E-state index contributed by atoms with van der Waals surface area (Å²) in [5, 5.41) is 4.21. The molecule has 0 N–H and O–H groups in total. The van der Waals surface area contributed by atoms with Gasteiger partial charge in [-0.05, 0) is 45.1 Å². The third-order valence-corrected chi connectivity index (χ3v) is 5.31. The van der Waals surface area contributed by atoms with Gasteiger partial charge in [0.05, 0.1) is 0 Å². The summed E-state index contributed by atoms with van der Waals surface area (Å²) >= 11 is 0. The minimum Gasteiger partial charge on any atom is -0.377 e. The minimum atomic E-state index is 0.107. The highest BCUT2D eigenvalue weighted by atomic mass is 16.5. The van der Waals surface area contributed by atoms with Crippen LogP contribution in [0.1, 0.15) is 48.2 Å². The van der Waals surface area contributed by atoms with Crippen LogP contribution in [0.2, 0.25) is 0 Å². The first kappa shape index (κ1) is 18.6. The molecule has 0 aliphatic carbocycles. The number of piperidine rings is 1. The van der Waals surface area contributed by atoms with Crippen LogP contribution in [0.15, 0.2) is 18.5 Å². The van der Waals surface area contributed by atoms with Crippen molar-refractivity contribution in [2.24, 2.45) is 5.92 Å². The summed E-state index contributed by atoms with van der Waals surface area (Å²) in [4.78, 5) is 19.1. The predicted molar refractivity (Wildman–Crippen MR) is 98.8 cm³/mol. The molecule has 1 fully saturated rings. The number of hydrogen-bond donors (Lipinski definition) is 0. The van der Waals surface area contributed by atoms with E-state index in [0.717, 1.165) is 51.3 Å². The topological polar surface area (TPSA) is 65.2 Å². The summed E-state index contributed by atoms with van der Waals surface area (Å²) in [7, 11) is 1.70. The standard InChI is InChI=1S/C19H29N5O2/c1-4-24-17(5-9-21-24)19(25)22-10-6-16(7-11-22)8-12-23-15(2)13-20-18(23)14-26-3/h5,9,13,16H,4,6-8,10-12,14H2,1-3H3. The van der Waals surface area contributed by atoms with E-state index in [-0.39, 0.29) is 5.91 Å². The summed E-state index contributed by atoms with van der Waals surface area (Å²) < 4.78 is 9.26. The molecule has 1 aliphatic heterocycles. The number of aromatic nitrogens is 4. The van der Waals surface area contributed by atoms with Gasteiger partial charge in [0.2, 0.25) is 0 Å². The number of nitrogens with zero attached hydrogens (tertiary/aromatic N) is 5. The molecule has 0 bridgehead atoms. The van der Waals surface area contributed by atoms with Crippen LogP contribution in [0.25, 0.3) is 0 Å². The van der Waals surface area contributed by atoms with Gasteiger partial charge >= 0.3 is 0 Å². The molecule has 7 nitrogen and oxygen atoms in total. The normalized spacial score (nSPS) is 15.6. The van der Waals surface area contributed by atoms with Gasteiger partial charge in [-0.1, -0.05) is 0 Å². The Morgan fingerprint density at radius 2 is 2.12 bits per heavy atom. The lowest BCUT2D eigenvalue weighted by molar-refractivity contribution is 0.0672. The number of aryl methyl sites for hydroxylation is 2. The molecule has 0 aromatic carbocycles. The number of ether oxygens (including phenoxy) is 1. The first-order valence-electron chi connectivity index (χ1n) is 9.45. The van der Waals surface area contributed by atoms with Gasteiger partial charge in [-0.3, -0.25) is 9.48 Å². The Kier molecular flexibility index (Phi) is 6.08. The first-order valence-corrected chi connectivity index (χ1v) is 9.45. The van der Waals surface area contributed by atoms with E-state index in [1.165, 1.54) is 5.69 Å². The molecule has 1 aliphatic rings. The maximum atomic E-state index is 12.7. The zero-order valence-corrected chi connectivity index (χ0v) is 16.0. The lowest BCUT2D eigenvalue weighted by Crippen LogP contribution is -2.39. The monoisotopic (exact) mass is 359 g/mol. The number of rotatable bonds is 7. The van der Waals surface area contributed by atoms with Gasteiger partial charge in [-0.2, -0.15) is 5.10 Å². The van der Waals surface area contributed by atoms with Crippen molar-refractivity contribution in [3.63, 3.8) is 0 Å². The number of likely N-dealkylation sites (tertiary alicyclic amines) is 1. The molecule has 26 heavy (non-hydrogen) atoms. The van der Waals surface area contributed by atoms with E-state index in [1.54, 1.807) is 18.0 Å². The van der Waals surface area contributed by atoms with Gasteiger partial charge < -0.3 is 14.2 Å². The van der Waals surface area contributed by atoms with E-state index >= 15 is 0 Å². The van der Waals surface area contributed by atoms with Gasteiger partial charge in [0, 0.05) is 51.4 Å². The predicted octanol–water partition coefficient (Wildman–Crippen LogP) is 2.50. The molecule has 2 aromatic rings. The van der Waals surface area contributed by atoms with Crippen molar-refractivity contribution < 1.29 is 9.53 Å². The van der Waals surface area contributed by atoms with Crippen molar-refractivity contribution >= 4 is 5.91 Å². The Bertz CT molecular complexity index is 728. The van der Waals surface area contributed by atoms with Gasteiger partial charge in [0.25, 0.3) is 5.91 Å². The van der Waals surface area contributed by atoms with Crippen molar-refractivity contribution in [2.75, 3.05) is 20.2 Å². The van der Waals surface area contributed by atoms with Crippen molar-refractivity contribution in [1.82, 2.24) is 24.2 Å². The number of carbonyl (C=O) groups excluding carboxylic acids is 1. The molecule has 7 heteroatoms. The Labute approximate surface area is 155 Å². The minimum absolute atomic E-state index is 0.107. The third kappa shape index (κ3) is 3.98. The van der Waals surface area contributed by atoms with Gasteiger partial charge in [0.1, 0.15) is 18.1 Å². The summed E-state index contributed by atoms with van der Waals surface area (Å²) in [6, 6.07) is 1.82. The number of amides is 1. The number of carbonyl (C=O) groups is 1. The fourth-order valence-corrected chi connectivity index (χ4v) is 3.73. The molecule has 3 heterocycles. The second kappa shape index (κ2) is 8.49. The smallest absolute Gasteiger partial charge is 0.272 e. The molecule has 142 valence electrons. The molecule has 3 rings (SSSR count). The second-order valence-electron chi connectivity index (χ2n) is 6.96. The molecule has 2 aromatic heterocycles. The Hall–Kier alpha value is -2.15. The van der Waals surface area contributed by atoms with Crippen LogP contribution < -0.4 is 0 Å². The molecular weight excluding hydrogens is 330 g/mol. The van der Waals surface area contributed by atoms with E-state index < -0.39 is 0 Å². The third-order valence-electron chi connectivity index (χ3n) is 5.31. The van der Waals surface area contributed by atoms with Crippen LogP contribution >= 0.6 is 0 Å². The maximum absolute atomic E-state index is 12.7. The molecule has 1 amide bonds. The number of methoxy groups -OCH3 is 1. The average molecular weight is 359 g/mol. The van der Waals surface area contributed by atoms with Crippen LogP contribution in [0.5, 0.6) is 0 Å². The Morgan fingerprint density at radius 3 is 2.81 bits per heavy atom. The highest BCUT2D eigenvalue weighted by molar-refractivity contribution is 5.92. The molecule has 0 unspecified atom stereocenters. The van der Waals surface area contributed by atoms with E-state index in [9.17, 15) is 4.79 Å². The maximum Gasteiger partial charge on any atom is 0.272 e. The van der Waals surface area contributed by atoms with Crippen LogP contribution in [0.4, 0.5) is 0 Å². The summed E-state index contributed by atoms with van der Waals surface area (Å²) in [5.41, 5.74) is 1.88. The van der Waals surface area contributed by atoms with E-state index in [2.05, 4.69) is 21.6 Å². The number of imidazole rings is 1. The van der Waals surface area contributed by atoms with E-state index in [1.807, 2.05) is 24.1 Å². The fourth-order valence-electron chi connectivity index (χ4n) is 3.73. The zero-order chi connectivity index (χ0) is 18.5. The molecule has 1 saturated heterocycles. The van der Waals surface area contributed by atoms with Gasteiger partial charge in [-0.15, -0.1) is 0 Å². The SMILES string of the molecule is CCn1nccc1C(=O)N1CCC(CCn2c(C)cnc2COC)CC1. The molecule has 0 saturated carbocycles. The molecular formula is C19H29N5O2. The first-order chi connectivity index (χ1) is 12.6. The highest BCUT2D eigenvalue weighted by Gasteiger charge is 2.25. The summed E-state index contributed by atoms with van der Waals surface area (Å²) in [6.45, 7) is 7.98. The van der Waals surface area contributed by atoms with Crippen molar-refractivity contribution in [3.8, 4) is 0 Å². The summed E-state index contributed by atoms with van der Waals surface area (Å²) in [5.74, 6) is 1.74. The van der Waals surface area contributed by atoms with Crippen LogP contribution in [-0.2, 0) is 24.4 Å². The van der Waals surface area contributed by atoms with E-state index in [4.69, 9.17) is 4.74 Å². The van der Waals surface area contributed by atoms with E-state index in [0.29, 0.717) is 18.2 Å². The van der Waals surface area contributed by atoms with Crippen LogP contribution in [0.3, 0.4) is 0 Å². The highest BCUT2D eigenvalue weighted by Crippen LogP contribution is 2.23. The van der Waals surface area contributed by atoms with Crippen molar-refractivity contribution in [3.05, 3.63) is 35.7 Å². The van der Waals surface area contributed by atoms with Gasteiger partial charge in [0.15, 0.2) is 0 Å². The lowest BCUT2D eigenvalue weighted by Gasteiger charge is -2.32. The summed E-state index contributed by atoms with van der Waals surface area (Å²) in [6.07, 6.45) is 6.84. The Balaban J connectivity index is 1.51.